The molecule has 7 heteroatoms. The average Bonchev–Trinajstić information content (AvgIpc) is 3.19. The average molecular weight is 336 g/mol. The number of rotatable bonds is 5. The molecule has 0 aliphatic carbocycles. The SMILES string of the molecule is O=C(Nc1cc(-c2ccc(Cl)cc2)nn1CCO)C1CCOC1. The highest BCUT2D eigenvalue weighted by Crippen LogP contribution is 2.24. The zero-order valence-electron chi connectivity index (χ0n) is 12.5. The summed E-state index contributed by atoms with van der Waals surface area (Å²) in [5.74, 6) is 0.358. The van der Waals surface area contributed by atoms with E-state index in [-0.39, 0.29) is 18.4 Å². The lowest BCUT2D eigenvalue weighted by atomic mass is 10.1. The van der Waals surface area contributed by atoms with Crippen molar-refractivity contribution in [2.45, 2.75) is 13.0 Å². The second-order valence-electron chi connectivity index (χ2n) is 5.42. The van der Waals surface area contributed by atoms with Gasteiger partial charge in [-0.1, -0.05) is 23.7 Å². The minimum absolute atomic E-state index is 0.0584. The number of anilines is 1. The molecule has 0 saturated carbocycles. The molecular formula is C16H18ClN3O3. The minimum Gasteiger partial charge on any atom is -0.394 e. The highest BCUT2D eigenvalue weighted by molar-refractivity contribution is 6.30. The molecular weight excluding hydrogens is 318 g/mol. The molecule has 1 aromatic carbocycles. The van der Waals surface area contributed by atoms with Crippen molar-refractivity contribution in [2.75, 3.05) is 25.1 Å². The molecule has 1 aromatic heterocycles. The summed E-state index contributed by atoms with van der Waals surface area (Å²) >= 11 is 5.90. The highest BCUT2D eigenvalue weighted by atomic mass is 35.5. The van der Waals surface area contributed by atoms with Gasteiger partial charge in [-0.2, -0.15) is 5.10 Å². The number of halogens is 1. The summed E-state index contributed by atoms with van der Waals surface area (Å²) in [6.07, 6.45) is 0.726. The Morgan fingerprint density at radius 2 is 2.22 bits per heavy atom. The Morgan fingerprint density at radius 3 is 2.87 bits per heavy atom. The van der Waals surface area contributed by atoms with Crippen LogP contribution in [0.1, 0.15) is 6.42 Å². The Morgan fingerprint density at radius 1 is 1.43 bits per heavy atom. The van der Waals surface area contributed by atoms with Gasteiger partial charge in [0.2, 0.25) is 5.91 Å². The van der Waals surface area contributed by atoms with Crippen molar-refractivity contribution in [1.29, 1.82) is 0 Å². The van der Waals surface area contributed by atoms with Gasteiger partial charge >= 0.3 is 0 Å². The van der Waals surface area contributed by atoms with Gasteiger partial charge in [0.25, 0.3) is 0 Å². The summed E-state index contributed by atoms with van der Waals surface area (Å²) < 4.78 is 6.84. The molecule has 0 radical (unpaired) electrons. The fraction of sp³-hybridized carbons (Fsp3) is 0.375. The number of ether oxygens (including phenoxy) is 1. The molecule has 1 aliphatic rings. The van der Waals surface area contributed by atoms with Crippen LogP contribution >= 0.6 is 11.6 Å². The quantitative estimate of drug-likeness (QED) is 0.878. The molecule has 1 atom stereocenters. The van der Waals surface area contributed by atoms with Crippen LogP contribution in [0.3, 0.4) is 0 Å². The van der Waals surface area contributed by atoms with Crippen LogP contribution in [0.2, 0.25) is 5.02 Å². The molecule has 1 fully saturated rings. The maximum absolute atomic E-state index is 12.2. The molecule has 0 bridgehead atoms. The van der Waals surface area contributed by atoms with E-state index in [4.69, 9.17) is 16.3 Å². The number of aromatic nitrogens is 2. The van der Waals surface area contributed by atoms with Gasteiger partial charge in [-0.3, -0.25) is 4.79 Å². The summed E-state index contributed by atoms with van der Waals surface area (Å²) in [4.78, 5) is 12.2. The van der Waals surface area contributed by atoms with Gasteiger partial charge in [-0.05, 0) is 18.6 Å². The third-order valence-electron chi connectivity index (χ3n) is 3.78. The van der Waals surface area contributed by atoms with Crippen molar-refractivity contribution in [3.63, 3.8) is 0 Å². The first-order valence-electron chi connectivity index (χ1n) is 7.50. The van der Waals surface area contributed by atoms with Crippen LogP contribution in [0.4, 0.5) is 5.82 Å². The van der Waals surface area contributed by atoms with Crippen molar-refractivity contribution < 1.29 is 14.6 Å². The van der Waals surface area contributed by atoms with Crippen LogP contribution in [0.25, 0.3) is 11.3 Å². The standard InChI is InChI=1S/C16H18ClN3O3/c17-13-3-1-11(2-4-13)14-9-15(20(19-14)6-7-21)18-16(22)12-5-8-23-10-12/h1-4,9,12,21H,5-8,10H2,(H,18,22). The van der Waals surface area contributed by atoms with E-state index in [1.54, 1.807) is 22.9 Å². The van der Waals surface area contributed by atoms with Crippen LogP contribution in [-0.4, -0.2) is 40.6 Å². The zero-order valence-corrected chi connectivity index (χ0v) is 13.3. The number of nitrogens with one attached hydrogen (secondary N) is 1. The van der Waals surface area contributed by atoms with Crippen molar-refractivity contribution in [3.05, 3.63) is 35.4 Å². The monoisotopic (exact) mass is 335 g/mol. The van der Waals surface area contributed by atoms with Crippen molar-refractivity contribution in [3.8, 4) is 11.3 Å². The fourth-order valence-electron chi connectivity index (χ4n) is 2.51. The summed E-state index contributed by atoms with van der Waals surface area (Å²) in [6.45, 7) is 1.32. The Balaban J connectivity index is 1.83. The summed E-state index contributed by atoms with van der Waals surface area (Å²) in [5.41, 5.74) is 1.61. The second-order valence-corrected chi connectivity index (χ2v) is 5.85. The molecule has 1 amide bonds. The molecule has 0 spiro atoms. The van der Waals surface area contributed by atoms with Gasteiger partial charge in [0.1, 0.15) is 5.82 Å². The number of aliphatic hydroxyl groups is 1. The molecule has 1 saturated heterocycles. The number of nitrogens with zero attached hydrogens (tertiary/aromatic N) is 2. The van der Waals surface area contributed by atoms with Crippen LogP contribution in [0.15, 0.2) is 30.3 Å². The lowest BCUT2D eigenvalue weighted by Gasteiger charge is -2.10. The number of aliphatic hydroxyl groups excluding tert-OH is 1. The molecule has 3 rings (SSSR count). The lowest BCUT2D eigenvalue weighted by molar-refractivity contribution is -0.119. The molecule has 2 N–H and O–H groups in total. The smallest absolute Gasteiger partial charge is 0.231 e. The number of carbonyl (C=O) groups is 1. The maximum Gasteiger partial charge on any atom is 0.231 e. The largest absolute Gasteiger partial charge is 0.394 e. The minimum atomic E-state index is -0.133. The lowest BCUT2D eigenvalue weighted by Crippen LogP contribution is -2.24. The summed E-state index contributed by atoms with van der Waals surface area (Å²) in [7, 11) is 0. The van der Waals surface area contributed by atoms with Crippen molar-refractivity contribution in [1.82, 2.24) is 9.78 Å². The van der Waals surface area contributed by atoms with E-state index < -0.39 is 0 Å². The third kappa shape index (κ3) is 3.72. The molecule has 2 aromatic rings. The van der Waals surface area contributed by atoms with Crippen LogP contribution in [0.5, 0.6) is 0 Å². The van der Waals surface area contributed by atoms with E-state index in [1.807, 2.05) is 12.1 Å². The molecule has 122 valence electrons. The first-order chi connectivity index (χ1) is 11.2. The van der Waals surface area contributed by atoms with E-state index in [9.17, 15) is 9.90 Å². The Bertz CT molecular complexity index is 678. The van der Waals surface area contributed by atoms with Crippen LogP contribution in [0, 0.1) is 5.92 Å². The fourth-order valence-corrected chi connectivity index (χ4v) is 2.64. The predicted molar refractivity (Wildman–Crippen MR) is 87.3 cm³/mol. The Kier molecular flexibility index (Phi) is 4.95. The summed E-state index contributed by atoms with van der Waals surface area (Å²) in [5, 5.41) is 17.2. The van der Waals surface area contributed by atoms with Crippen molar-refractivity contribution in [2.24, 2.45) is 5.92 Å². The van der Waals surface area contributed by atoms with E-state index in [0.717, 1.165) is 12.0 Å². The van der Waals surface area contributed by atoms with Crippen LogP contribution in [-0.2, 0) is 16.1 Å². The van der Waals surface area contributed by atoms with Gasteiger partial charge in [0.05, 0.1) is 31.4 Å². The van der Waals surface area contributed by atoms with E-state index >= 15 is 0 Å². The topological polar surface area (TPSA) is 76.4 Å². The second kappa shape index (κ2) is 7.12. The zero-order chi connectivity index (χ0) is 16.2. The highest BCUT2D eigenvalue weighted by Gasteiger charge is 2.24. The Hall–Kier alpha value is -1.89. The van der Waals surface area contributed by atoms with Gasteiger partial charge in [-0.25, -0.2) is 4.68 Å². The predicted octanol–water partition coefficient (Wildman–Crippen LogP) is 2.17. The number of benzene rings is 1. The first-order valence-corrected chi connectivity index (χ1v) is 7.88. The molecule has 6 nitrogen and oxygen atoms in total. The normalized spacial score (nSPS) is 17.4. The van der Waals surface area contributed by atoms with Crippen LogP contribution < -0.4 is 5.32 Å². The Labute approximate surface area is 139 Å². The maximum atomic E-state index is 12.2. The number of hydrogen-bond donors (Lipinski definition) is 2. The molecule has 23 heavy (non-hydrogen) atoms. The van der Waals surface area contributed by atoms with E-state index in [0.29, 0.717) is 36.3 Å². The van der Waals surface area contributed by atoms with E-state index in [2.05, 4.69) is 10.4 Å². The first kappa shape index (κ1) is 16.0. The van der Waals surface area contributed by atoms with Gasteiger partial charge in [0, 0.05) is 23.3 Å². The molecule has 1 unspecified atom stereocenters. The summed E-state index contributed by atoms with van der Waals surface area (Å²) in [6, 6.07) is 9.10. The van der Waals surface area contributed by atoms with E-state index in [1.165, 1.54) is 0 Å². The number of carbonyl (C=O) groups excluding carboxylic acids is 1. The number of amides is 1. The molecule has 1 aliphatic heterocycles. The van der Waals surface area contributed by atoms with Gasteiger partial charge < -0.3 is 15.2 Å². The van der Waals surface area contributed by atoms with Crippen molar-refractivity contribution >= 4 is 23.3 Å². The molecule has 2 heterocycles. The van der Waals surface area contributed by atoms with Gasteiger partial charge in [0.15, 0.2) is 0 Å². The number of hydrogen-bond acceptors (Lipinski definition) is 4. The third-order valence-corrected chi connectivity index (χ3v) is 4.04. The van der Waals surface area contributed by atoms with Gasteiger partial charge in [-0.15, -0.1) is 0 Å².